The predicted molar refractivity (Wildman–Crippen MR) is 52.5 cm³/mol. The van der Waals surface area contributed by atoms with Crippen molar-refractivity contribution in [3.05, 3.63) is 0 Å². The van der Waals surface area contributed by atoms with Gasteiger partial charge in [-0.05, 0) is 19.3 Å². The third-order valence-electron chi connectivity index (χ3n) is 2.51. The van der Waals surface area contributed by atoms with E-state index in [0.29, 0.717) is 0 Å². The summed E-state index contributed by atoms with van der Waals surface area (Å²) in [6.45, 7) is -0.222. The molecular formula is C9H16N2O4. The quantitative estimate of drug-likeness (QED) is 0.584. The first-order valence-electron chi connectivity index (χ1n) is 5.02. The second-order valence-corrected chi connectivity index (χ2v) is 3.55. The van der Waals surface area contributed by atoms with Gasteiger partial charge in [-0.25, -0.2) is 4.79 Å². The second-order valence-electron chi connectivity index (χ2n) is 3.55. The number of amides is 2. The number of urea groups is 1. The summed E-state index contributed by atoms with van der Waals surface area (Å²) >= 11 is 0. The molecule has 0 spiro atoms. The first-order chi connectivity index (χ1) is 7.15. The average molecular weight is 216 g/mol. The normalized spacial score (nSPS) is 15.5. The molecule has 0 aromatic rings. The van der Waals surface area contributed by atoms with Gasteiger partial charge in [0.1, 0.15) is 6.54 Å². The first kappa shape index (κ1) is 11.8. The lowest BCUT2D eigenvalue weighted by Gasteiger charge is -2.37. The molecule has 0 radical (unpaired) electrons. The summed E-state index contributed by atoms with van der Waals surface area (Å²) in [6, 6.07) is -0.248. The van der Waals surface area contributed by atoms with Crippen LogP contribution in [-0.4, -0.2) is 52.9 Å². The predicted octanol–water partition coefficient (Wildman–Crippen LogP) is -0.373. The highest BCUT2D eigenvalue weighted by Crippen LogP contribution is 2.24. The number of hydrogen-bond donors (Lipinski definition) is 3. The van der Waals surface area contributed by atoms with Crippen molar-refractivity contribution in [1.29, 1.82) is 0 Å². The second kappa shape index (κ2) is 5.55. The zero-order valence-electron chi connectivity index (χ0n) is 8.48. The van der Waals surface area contributed by atoms with E-state index in [9.17, 15) is 9.59 Å². The number of carbonyl (C=O) groups is 2. The standard InChI is InChI=1S/C9H16N2O4/c12-5-4-11(7-2-1-3-7)9(15)10-6-8(13)14/h7,12H,1-6H2,(H,10,15)(H,13,14). The molecule has 0 aromatic heterocycles. The first-order valence-corrected chi connectivity index (χ1v) is 5.02. The molecule has 0 saturated heterocycles. The van der Waals surface area contributed by atoms with Crippen molar-refractivity contribution in [2.75, 3.05) is 19.7 Å². The van der Waals surface area contributed by atoms with Gasteiger partial charge < -0.3 is 20.4 Å². The number of aliphatic hydroxyl groups excluding tert-OH is 1. The van der Waals surface area contributed by atoms with Gasteiger partial charge in [0.15, 0.2) is 0 Å². The van der Waals surface area contributed by atoms with Crippen LogP contribution in [0.25, 0.3) is 0 Å². The van der Waals surface area contributed by atoms with Crippen molar-refractivity contribution in [2.24, 2.45) is 0 Å². The maximum absolute atomic E-state index is 11.5. The van der Waals surface area contributed by atoms with Gasteiger partial charge in [-0.15, -0.1) is 0 Å². The van der Waals surface area contributed by atoms with Gasteiger partial charge in [0.05, 0.1) is 6.61 Å². The molecule has 6 heteroatoms. The molecule has 1 aliphatic carbocycles. The summed E-state index contributed by atoms with van der Waals surface area (Å²) in [5.41, 5.74) is 0. The van der Waals surface area contributed by atoms with Crippen LogP contribution in [0.2, 0.25) is 0 Å². The van der Waals surface area contributed by atoms with Crippen LogP contribution in [0.5, 0.6) is 0 Å². The topological polar surface area (TPSA) is 89.9 Å². The highest BCUT2D eigenvalue weighted by Gasteiger charge is 2.28. The Morgan fingerprint density at radius 1 is 1.40 bits per heavy atom. The third-order valence-corrected chi connectivity index (χ3v) is 2.51. The van der Waals surface area contributed by atoms with E-state index in [-0.39, 0.29) is 25.7 Å². The summed E-state index contributed by atoms with van der Waals surface area (Å²) in [5.74, 6) is -1.07. The molecule has 2 amide bonds. The minimum absolute atomic E-state index is 0.100. The lowest BCUT2D eigenvalue weighted by atomic mass is 9.92. The maximum Gasteiger partial charge on any atom is 0.323 e. The summed E-state index contributed by atoms with van der Waals surface area (Å²) in [4.78, 5) is 23.3. The van der Waals surface area contributed by atoms with E-state index in [4.69, 9.17) is 10.2 Å². The molecule has 0 heterocycles. The molecular weight excluding hydrogens is 200 g/mol. The van der Waals surface area contributed by atoms with E-state index >= 15 is 0 Å². The van der Waals surface area contributed by atoms with E-state index in [1.54, 1.807) is 0 Å². The third kappa shape index (κ3) is 3.39. The van der Waals surface area contributed by atoms with Crippen molar-refractivity contribution in [1.82, 2.24) is 10.2 Å². The Morgan fingerprint density at radius 3 is 2.47 bits per heavy atom. The number of carboxylic acid groups (broad SMARTS) is 1. The highest BCUT2D eigenvalue weighted by molar-refractivity contribution is 5.80. The van der Waals surface area contributed by atoms with Crippen LogP contribution in [0.3, 0.4) is 0 Å². The van der Waals surface area contributed by atoms with Crippen molar-refractivity contribution >= 4 is 12.0 Å². The van der Waals surface area contributed by atoms with Gasteiger partial charge >= 0.3 is 12.0 Å². The average Bonchev–Trinajstić information content (AvgIpc) is 2.10. The number of carboxylic acids is 1. The number of carbonyl (C=O) groups excluding carboxylic acids is 1. The van der Waals surface area contributed by atoms with Crippen molar-refractivity contribution < 1.29 is 19.8 Å². The molecule has 1 fully saturated rings. The van der Waals surface area contributed by atoms with Crippen LogP contribution in [0.1, 0.15) is 19.3 Å². The summed E-state index contributed by atoms with van der Waals surface area (Å²) in [7, 11) is 0. The van der Waals surface area contributed by atoms with Crippen LogP contribution in [0.4, 0.5) is 4.79 Å². The van der Waals surface area contributed by atoms with E-state index in [2.05, 4.69) is 5.32 Å². The van der Waals surface area contributed by atoms with Gasteiger partial charge in [0.25, 0.3) is 0 Å². The molecule has 1 saturated carbocycles. The maximum atomic E-state index is 11.5. The minimum atomic E-state index is -1.07. The fourth-order valence-corrected chi connectivity index (χ4v) is 1.51. The van der Waals surface area contributed by atoms with Gasteiger partial charge in [0.2, 0.25) is 0 Å². The highest BCUT2D eigenvalue weighted by atomic mass is 16.4. The van der Waals surface area contributed by atoms with E-state index in [1.807, 2.05) is 0 Å². The molecule has 6 nitrogen and oxygen atoms in total. The summed E-state index contributed by atoms with van der Waals surface area (Å²) < 4.78 is 0. The van der Waals surface area contributed by atoms with Gasteiger partial charge in [-0.2, -0.15) is 0 Å². The van der Waals surface area contributed by atoms with E-state index in [1.165, 1.54) is 4.90 Å². The summed E-state index contributed by atoms with van der Waals surface area (Å²) in [6.07, 6.45) is 2.94. The van der Waals surface area contributed by atoms with Gasteiger partial charge in [-0.3, -0.25) is 4.79 Å². The van der Waals surface area contributed by atoms with Crippen LogP contribution in [-0.2, 0) is 4.79 Å². The van der Waals surface area contributed by atoms with Crippen LogP contribution < -0.4 is 5.32 Å². The molecule has 0 bridgehead atoms. The Kier molecular flexibility index (Phi) is 4.36. The molecule has 0 unspecified atom stereocenters. The number of nitrogens with zero attached hydrogens (tertiary/aromatic N) is 1. The molecule has 3 N–H and O–H groups in total. The smallest absolute Gasteiger partial charge is 0.323 e. The molecule has 0 aliphatic heterocycles. The van der Waals surface area contributed by atoms with Crippen LogP contribution in [0.15, 0.2) is 0 Å². The summed E-state index contributed by atoms with van der Waals surface area (Å²) in [5, 5.41) is 19.5. The number of rotatable bonds is 5. The fourth-order valence-electron chi connectivity index (χ4n) is 1.51. The van der Waals surface area contributed by atoms with Crippen molar-refractivity contribution in [2.45, 2.75) is 25.3 Å². The molecule has 1 rings (SSSR count). The Morgan fingerprint density at radius 2 is 2.07 bits per heavy atom. The SMILES string of the molecule is O=C(O)CNC(=O)N(CCO)C1CCC1. The van der Waals surface area contributed by atoms with Crippen molar-refractivity contribution in [3.8, 4) is 0 Å². The molecule has 15 heavy (non-hydrogen) atoms. The lowest BCUT2D eigenvalue weighted by molar-refractivity contribution is -0.135. The molecule has 1 aliphatic rings. The largest absolute Gasteiger partial charge is 0.480 e. The Labute approximate surface area is 87.9 Å². The Bertz CT molecular complexity index is 240. The Hall–Kier alpha value is -1.30. The zero-order valence-corrected chi connectivity index (χ0v) is 8.48. The molecule has 86 valence electrons. The van der Waals surface area contributed by atoms with Crippen LogP contribution >= 0.6 is 0 Å². The van der Waals surface area contributed by atoms with Gasteiger partial charge in [0, 0.05) is 12.6 Å². The van der Waals surface area contributed by atoms with Crippen LogP contribution in [0, 0.1) is 0 Å². The zero-order chi connectivity index (χ0) is 11.3. The molecule has 0 aromatic carbocycles. The molecule has 0 atom stereocenters. The number of hydrogen-bond acceptors (Lipinski definition) is 3. The van der Waals surface area contributed by atoms with E-state index in [0.717, 1.165) is 19.3 Å². The number of aliphatic hydroxyl groups is 1. The Balaban J connectivity index is 2.39. The number of nitrogens with one attached hydrogen (secondary N) is 1. The van der Waals surface area contributed by atoms with Crippen molar-refractivity contribution in [3.63, 3.8) is 0 Å². The monoisotopic (exact) mass is 216 g/mol. The fraction of sp³-hybridized carbons (Fsp3) is 0.778. The van der Waals surface area contributed by atoms with E-state index < -0.39 is 12.0 Å². The minimum Gasteiger partial charge on any atom is -0.480 e. The van der Waals surface area contributed by atoms with Gasteiger partial charge in [-0.1, -0.05) is 0 Å². The lowest BCUT2D eigenvalue weighted by Crippen LogP contribution is -2.50. The number of aliphatic carboxylic acids is 1.